The number of hydrogen-bond acceptors (Lipinski definition) is 6. The zero-order chi connectivity index (χ0) is 18.6. The molecule has 1 fully saturated rings. The number of benzene rings is 1. The molecule has 3 heterocycles. The lowest BCUT2D eigenvalue weighted by molar-refractivity contribution is -0.280. The summed E-state index contributed by atoms with van der Waals surface area (Å²) in [6, 6.07) is 3.21. The lowest BCUT2D eigenvalue weighted by atomic mass is 9.82. The number of aliphatic hydroxyl groups is 1. The van der Waals surface area contributed by atoms with E-state index in [4.69, 9.17) is 18.6 Å². The second-order valence-corrected chi connectivity index (χ2v) is 7.52. The molecule has 140 valence electrons. The van der Waals surface area contributed by atoms with Gasteiger partial charge in [0.25, 0.3) is 0 Å². The fourth-order valence-electron chi connectivity index (χ4n) is 4.26. The minimum atomic E-state index is -0.958. The number of hydrogen-bond donors (Lipinski definition) is 1. The van der Waals surface area contributed by atoms with E-state index in [0.29, 0.717) is 47.5 Å². The molecule has 4 rings (SSSR count). The Balaban J connectivity index is 1.94. The SMILES string of the molecule is COc1cc2oc(C)cc(=O)c2c2c1C[C@H](C)[C@@]1(C[C@@H](O)C[C@H](C)O1)O2. The Morgan fingerprint density at radius 1 is 1.31 bits per heavy atom. The molecule has 26 heavy (non-hydrogen) atoms. The molecule has 2 aliphatic heterocycles. The lowest BCUT2D eigenvalue weighted by Crippen LogP contribution is -2.56. The van der Waals surface area contributed by atoms with E-state index >= 15 is 0 Å². The van der Waals surface area contributed by atoms with Gasteiger partial charge in [0.05, 0.1) is 19.3 Å². The topological polar surface area (TPSA) is 78.1 Å². The van der Waals surface area contributed by atoms with Crippen LogP contribution in [0.3, 0.4) is 0 Å². The summed E-state index contributed by atoms with van der Waals surface area (Å²) in [6.07, 6.45) is 0.941. The number of ether oxygens (including phenoxy) is 3. The highest BCUT2D eigenvalue weighted by molar-refractivity contribution is 5.87. The highest BCUT2D eigenvalue weighted by Crippen LogP contribution is 2.48. The number of rotatable bonds is 1. The van der Waals surface area contributed by atoms with Crippen LogP contribution in [0.15, 0.2) is 21.3 Å². The largest absolute Gasteiger partial charge is 0.496 e. The summed E-state index contributed by atoms with van der Waals surface area (Å²) in [5, 5.41) is 10.7. The van der Waals surface area contributed by atoms with E-state index in [1.54, 1.807) is 20.1 Å². The molecule has 4 atom stereocenters. The summed E-state index contributed by atoms with van der Waals surface area (Å²) < 4.78 is 23.8. The smallest absolute Gasteiger partial charge is 0.216 e. The van der Waals surface area contributed by atoms with Gasteiger partial charge in [0.2, 0.25) is 5.79 Å². The van der Waals surface area contributed by atoms with Crippen molar-refractivity contribution in [3.8, 4) is 11.5 Å². The first kappa shape index (κ1) is 17.4. The fraction of sp³-hybridized carbons (Fsp3) is 0.550. The van der Waals surface area contributed by atoms with E-state index in [1.165, 1.54) is 6.07 Å². The molecular formula is C20H24O6. The van der Waals surface area contributed by atoms with E-state index in [0.717, 1.165) is 5.56 Å². The van der Waals surface area contributed by atoms with Crippen LogP contribution < -0.4 is 14.9 Å². The summed E-state index contributed by atoms with van der Waals surface area (Å²) in [5.41, 5.74) is 1.11. The Bertz CT molecular complexity index is 905. The van der Waals surface area contributed by atoms with Crippen LogP contribution in [0.1, 0.15) is 38.0 Å². The maximum Gasteiger partial charge on any atom is 0.216 e. The van der Waals surface area contributed by atoms with Gasteiger partial charge in [-0.15, -0.1) is 0 Å². The van der Waals surface area contributed by atoms with Crippen molar-refractivity contribution in [3.05, 3.63) is 33.7 Å². The van der Waals surface area contributed by atoms with Crippen LogP contribution in [0.2, 0.25) is 0 Å². The molecule has 1 aromatic heterocycles. The Morgan fingerprint density at radius 3 is 2.77 bits per heavy atom. The van der Waals surface area contributed by atoms with Crippen molar-refractivity contribution in [2.75, 3.05) is 7.11 Å². The number of fused-ring (bicyclic) bond motifs is 3. The molecule has 1 N–H and O–H groups in total. The first-order valence-electron chi connectivity index (χ1n) is 9.02. The summed E-state index contributed by atoms with van der Waals surface area (Å²) in [4.78, 5) is 12.7. The Kier molecular flexibility index (Phi) is 4.00. The molecule has 1 spiro atoms. The van der Waals surface area contributed by atoms with Crippen molar-refractivity contribution < 1.29 is 23.7 Å². The van der Waals surface area contributed by atoms with Crippen LogP contribution in [0.5, 0.6) is 11.5 Å². The molecule has 0 aliphatic carbocycles. The predicted octanol–water partition coefficient (Wildman–Crippen LogP) is 2.94. The van der Waals surface area contributed by atoms with Gasteiger partial charge in [-0.25, -0.2) is 0 Å². The third kappa shape index (κ3) is 2.59. The second kappa shape index (κ2) is 5.99. The van der Waals surface area contributed by atoms with Crippen LogP contribution in [-0.4, -0.2) is 30.2 Å². The van der Waals surface area contributed by atoms with Crippen LogP contribution in [0.25, 0.3) is 11.0 Å². The van der Waals surface area contributed by atoms with Gasteiger partial charge in [-0.05, 0) is 26.7 Å². The molecule has 0 bridgehead atoms. The maximum atomic E-state index is 12.7. The molecule has 6 heteroatoms. The monoisotopic (exact) mass is 360 g/mol. The normalized spacial score (nSPS) is 30.9. The molecule has 0 unspecified atom stereocenters. The van der Waals surface area contributed by atoms with E-state index in [-0.39, 0.29) is 17.5 Å². The number of aliphatic hydroxyl groups excluding tert-OH is 1. The van der Waals surface area contributed by atoms with Crippen molar-refractivity contribution in [2.24, 2.45) is 5.92 Å². The molecule has 1 aromatic carbocycles. The highest BCUT2D eigenvalue weighted by atomic mass is 16.7. The lowest BCUT2D eigenvalue weighted by Gasteiger charge is -2.48. The molecule has 2 aliphatic rings. The van der Waals surface area contributed by atoms with E-state index in [1.807, 2.05) is 13.8 Å². The average molecular weight is 360 g/mol. The van der Waals surface area contributed by atoms with Gasteiger partial charge < -0.3 is 23.7 Å². The van der Waals surface area contributed by atoms with Gasteiger partial charge in [-0.1, -0.05) is 6.92 Å². The van der Waals surface area contributed by atoms with Crippen LogP contribution in [-0.2, 0) is 11.2 Å². The van der Waals surface area contributed by atoms with Crippen LogP contribution in [0.4, 0.5) is 0 Å². The molecule has 1 saturated heterocycles. The maximum absolute atomic E-state index is 12.7. The van der Waals surface area contributed by atoms with E-state index < -0.39 is 11.9 Å². The number of aryl methyl sites for hydroxylation is 1. The van der Waals surface area contributed by atoms with Crippen LogP contribution >= 0.6 is 0 Å². The van der Waals surface area contributed by atoms with Crippen molar-refractivity contribution in [1.29, 1.82) is 0 Å². The Hall–Kier alpha value is -2.05. The molecule has 2 aromatic rings. The summed E-state index contributed by atoms with van der Waals surface area (Å²) in [6.45, 7) is 5.70. The first-order valence-corrected chi connectivity index (χ1v) is 9.02. The van der Waals surface area contributed by atoms with Gasteiger partial charge >= 0.3 is 0 Å². The zero-order valence-corrected chi connectivity index (χ0v) is 15.5. The quantitative estimate of drug-likeness (QED) is 0.842. The van der Waals surface area contributed by atoms with Gasteiger partial charge in [0.1, 0.15) is 28.2 Å². The van der Waals surface area contributed by atoms with Crippen molar-refractivity contribution >= 4 is 11.0 Å². The molecular weight excluding hydrogens is 336 g/mol. The zero-order valence-electron chi connectivity index (χ0n) is 15.5. The van der Waals surface area contributed by atoms with Crippen LogP contribution in [0, 0.1) is 12.8 Å². The minimum absolute atomic E-state index is 0.00348. The molecule has 0 amide bonds. The van der Waals surface area contributed by atoms with Crippen molar-refractivity contribution in [2.45, 2.75) is 58.0 Å². The third-order valence-corrected chi connectivity index (χ3v) is 5.44. The van der Waals surface area contributed by atoms with Gasteiger partial charge in [-0.3, -0.25) is 4.79 Å². The van der Waals surface area contributed by atoms with E-state index in [2.05, 4.69) is 0 Å². The van der Waals surface area contributed by atoms with Gasteiger partial charge in [0.15, 0.2) is 5.43 Å². The van der Waals surface area contributed by atoms with E-state index in [9.17, 15) is 9.90 Å². The molecule has 6 nitrogen and oxygen atoms in total. The molecule has 0 radical (unpaired) electrons. The second-order valence-electron chi connectivity index (χ2n) is 7.52. The fourth-order valence-corrected chi connectivity index (χ4v) is 4.26. The van der Waals surface area contributed by atoms with Crippen molar-refractivity contribution in [3.63, 3.8) is 0 Å². The summed E-state index contributed by atoms with van der Waals surface area (Å²) in [7, 11) is 1.59. The standard InChI is InChI=1S/C20H24O6/c1-10-5-14-16(23-4)8-17-18(15(22)7-11(2)24-17)19(14)26-20(10)9-13(21)6-12(3)25-20/h7-8,10,12-13,21H,5-6,9H2,1-4H3/t10-,12-,13-,20+/m0/s1. The Labute approximate surface area is 151 Å². The van der Waals surface area contributed by atoms with Crippen molar-refractivity contribution in [1.82, 2.24) is 0 Å². The first-order chi connectivity index (χ1) is 12.3. The third-order valence-electron chi connectivity index (χ3n) is 5.44. The summed E-state index contributed by atoms with van der Waals surface area (Å²) >= 11 is 0. The highest BCUT2D eigenvalue weighted by Gasteiger charge is 2.50. The molecule has 0 saturated carbocycles. The average Bonchev–Trinajstić information content (AvgIpc) is 2.54. The Morgan fingerprint density at radius 2 is 2.08 bits per heavy atom. The predicted molar refractivity (Wildman–Crippen MR) is 95.8 cm³/mol. The minimum Gasteiger partial charge on any atom is -0.496 e. The van der Waals surface area contributed by atoms with Gasteiger partial charge in [-0.2, -0.15) is 0 Å². The van der Waals surface area contributed by atoms with Gasteiger partial charge in [0, 0.05) is 30.0 Å². The summed E-state index contributed by atoms with van der Waals surface area (Å²) in [5.74, 6) is 0.651. The number of methoxy groups -OCH3 is 1.